The van der Waals surface area contributed by atoms with Crippen LogP contribution in [0.1, 0.15) is 73.6 Å². The van der Waals surface area contributed by atoms with Crippen molar-refractivity contribution in [1.29, 1.82) is 21.0 Å². The zero-order valence-electron chi connectivity index (χ0n) is 36.5. The highest BCUT2D eigenvalue weighted by atomic mass is 35.5. The molecule has 326 valence electrons. The Labute approximate surface area is 391 Å². The lowest BCUT2D eigenvalue weighted by Gasteiger charge is -2.08. The summed E-state index contributed by atoms with van der Waals surface area (Å²) in [5.41, 5.74) is 8.42. The molecule has 0 saturated heterocycles. The standard InChI is InChI=1S/C55H47ClN8O2/c56-49-22-24-50(25-23-49)63-38-47(31-43(34-57)35-58)54(61-63)45-18-26-52(27-19-45)65-30-11-6-4-2-1-3-5-8-13-41-16-12-17-51(33-41)64-39-48(32-44(36-59)37-60)55(62-64)46-20-28-53(29-21-46)66-40-42-14-9-7-10-15-42/h7,9-10,12,14-29,31-33,38-39H,1-6,8,11,13,30,40H2. The highest BCUT2D eigenvalue weighted by Crippen LogP contribution is 2.30. The molecule has 0 saturated carbocycles. The van der Waals surface area contributed by atoms with E-state index in [1.807, 2.05) is 132 Å². The van der Waals surface area contributed by atoms with Crippen LogP contribution in [-0.4, -0.2) is 26.2 Å². The number of unbranched alkanes of at least 4 members (excludes halogenated alkanes) is 7. The van der Waals surface area contributed by atoms with Crippen LogP contribution in [0.15, 0.2) is 151 Å². The maximum atomic E-state index is 9.51. The summed E-state index contributed by atoms with van der Waals surface area (Å²) in [6.45, 7) is 1.11. The van der Waals surface area contributed by atoms with Gasteiger partial charge in [-0.3, -0.25) is 0 Å². The summed E-state index contributed by atoms with van der Waals surface area (Å²) in [5, 5.41) is 48.1. The fraction of sp³-hybridized carbons (Fsp3) is 0.200. The SMILES string of the molecule is N#CC(C#N)=Cc1cn(-c2ccc(Cl)cc2)nc1-c1ccc(OCCCCCCCCCCc2cccc(-n3cc(C=C(C#N)C#N)c(-c4ccc(OCc5ccccc5)cc4)n3)c2)cc1. The summed E-state index contributed by atoms with van der Waals surface area (Å²) >= 11 is 6.08. The monoisotopic (exact) mass is 886 g/mol. The maximum Gasteiger partial charge on any atom is 0.130 e. The number of aryl methyl sites for hydroxylation is 1. The predicted octanol–water partition coefficient (Wildman–Crippen LogP) is 13.2. The van der Waals surface area contributed by atoms with Crippen molar-refractivity contribution in [3.05, 3.63) is 178 Å². The molecule has 2 heterocycles. The molecule has 11 heteroatoms. The number of hydrogen-bond donors (Lipinski definition) is 0. The summed E-state index contributed by atoms with van der Waals surface area (Å²) in [5.74, 6) is 1.52. The van der Waals surface area contributed by atoms with Gasteiger partial charge in [0.2, 0.25) is 0 Å². The van der Waals surface area contributed by atoms with Crippen molar-refractivity contribution in [3.63, 3.8) is 0 Å². The Kier molecular flexibility index (Phi) is 16.3. The second-order valence-corrected chi connectivity index (χ2v) is 16.2. The molecule has 0 aliphatic carbocycles. The molecule has 7 rings (SSSR count). The van der Waals surface area contributed by atoms with Gasteiger partial charge >= 0.3 is 0 Å². The van der Waals surface area contributed by atoms with Crippen molar-refractivity contribution < 1.29 is 9.47 Å². The molecule has 7 aromatic rings. The van der Waals surface area contributed by atoms with Gasteiger partial charge in [-0.1, -0.05) is 92.6 Å². The van der Waals surface area contributed by atoms with Gasteiger partial charge in [-0.25, -0.2) is 9.36 Å². The lowest BCUT2D eigenvalue weighted by Crippen LogP contribution is -1.97. The molecule has 0 aliphatic rings. The van der Waals surface area contributed by atoms with Crippen LogP contribution >= 0.6 is 11.6 Å². The van der Waals surface area contributed by atoms with Crippen molar-refractivity contribution >= 4 is 23.8 Å². The van der Waals surface area contributed by atoms with E-state index >= 15 is 0 Å². The number of halogens is 1. The molecule has 0 amide bonds. The van der Waals surface area contributed by atoms with Crippen molar-refractivity contribution in [1.82, 2.24) is 19.6 Å². The number of ether oxygens (including phenoxy) is 2. The molecule has 10 nitrogen and oxygen atoms in total. The molecule has 0 unspecified atom stereocenters. The van der Waals surface area contributed by atoms with E-state index in [0.29, 0.717) is 40.8 Å². The van der Waals surface area contributed by atoms with E-state index in [2.05, 4.69) is 18.2 Å². The van der Waals surface area contributed by atoms with E-state index < -0.39 is 0 Å². The number of nitriles is 4. The first kappa shape index (κ1) is 45.9. The first-order valence-electron chi connectivity index (χ1n) is 22.0. The van der Waals surface area contributed by atoms with E-state index in [9.17, 15) is 21.0 Å². The molecule has 5 aromatic carbocycles. The van der Waals surface area contributed by atoms with Gasteiger partial charge in [0.1, 0.15) is 64.9 Å². The summed E-state index contributed by atoms with van der Waals surface area (Å²) in [6.07, 6.45) is 16.9. The molecule has 0 aliphatic heterocycles. The minimum Gasteiger partial charge on any atom is -0.494 e. The van der Waals surface area contributed by atoms with Crippen LogP contribution in [0.4, 0.5) is 0 Å². The number of rotatable bonds is 21. The zero-order valence-corrected chi connectivity index (χ0v) is 37.2. The Morgan fingerprint density at radius 1 is 0.515 bits per heavy atom. The maximum absolute atomic E-state index is 9.51. The third kappa shape index (κ3) is 12.7. The van der Waals surface area contributed by atoms with Crippen LogP contribution in [0.5, 0.6) is 11.5 Å². The number of nitrogens with zero attached hydrogens (tertiary/aromatic N) is 8. The predicted molar refractivity (Wildman–Crippen MR) is 258 cm³/mol. The highest BCUT2D eigenvalue weighted by molar-refractivity contribution is 6.30. The van der Waals surface area contributed by atoms with Gasteiger partial charge in [0.05, 0.1) is 18.0 Å². The molecule has 0 spiro atoms. The highest BCUT2D eigenvalue weighted by Gasteiger charge is 2.15. The summed E-state index contributed by atoms with van der Waals surface area (Å²) in [7, 11) is 0. The zero-order chi connectivity index (χ0) is 45.9. The molecule has 0 atom stereocenters. The topological polar surface area (TPSA) is 149 Å². The Morgan fingerprint density at radius 3 is 1.58 bits per heavy atom. The Bertz CT molecular complexity index is 2910. The van der Waals surface area contributed by atoms with Gasteiger partial charge in [-0.2, -0.15) is 31.2 Å². The second-order valence-electron chi connectivity index (χ2n) is 15.7. The summed E-state index contributed by atoms with van der Waals surface area (Å²) < 4.78 is 15.6. The van der Waals surface area contributed by atoms with E-state index in [-0.39, 0.29) is 11.1 Å². The molecular weight excluding hydrogens is 840 g/mol. The first-order chi connectivity index (χ1) is 32.4. The van der Waals surface area contributed by atoms with Crippen LogP contribution in [0.25, 0.3) is 46.0 Å². The number of hydrogen-bond acceptors (Lipinski definition) is 8. The quantitative estimate of drug-likeness (QED) is 0.0511. The first-order valence-corrected chi connectivity index (χ1v) is 22.4. The van der Waals surface area contributed by atoms with Crippen LogP contribution in [0, 0.1) is 45.3 Å². The molecule has 2 aromatic heterocycles. The Balaban J connectivity index is 0.833. The van der Waals surface area contributed by atoms with Crippen LogP contribution in [0.3, 0.4) is 0 Å². The number of allylic oxidation sites excluding steroid dienone is 2. The van der Waals surface area contributed by atoms with Gasteiger partial charge in [0.15, 0.2) is 0 Å². The van der Waals surface area contributed by atoms with E-state index in [1.54, 1.807) is 35.2 Å². The van der Waals surface area contributed by atoms with Crippen molar-refractivity contribution in [2.75, 3.05) is 6.61 Å². The van der Waals surface area contributed by atoms with Crippen molar-refractivity contribution in [2.45, 2.75) is 64.4 Å². The molecule has 0 N–H and O–H groups in total. The minimum absolute atomic E-state index is 0.00241. The van der Waals surface area contributed by atoms with Gasteiger partial charge in [-0.05, 0) is 127 Å². The van der Waals surface area contributed by atoms with Crippen molar-refractivity contribution in [3.8, 4) is 69.7 Å². The minimum atomic E-state index is -0.00241. The summed E-state index contributed by atoms with van der Waals surface area (Å²) in [4.78, 5) is 0. The average Bonchev–Trinajstić information content (AvgIpc) is 3.99. The Morgan fingerprint density at radius 2 is 1.02 bits per heavy atom. The second kappa shape index (κ2) is 23.5. The van der Waals surface area contributed by atoms with E-state index in [0.717, 1.165) is 71.7 Å². The number of benzene rings is 5. The van der Waals surface area contributed by atoms with Gasteiger partial charge < -0.3 is 9.47 Å². The number of aromatic nitrogens is 4. The Hall–Kier alpha value is -8.15. The van der Waals surface area contributed by atoms with Crippen molar-refractivity contribution in [2.24, 2.45) is 0 Å². The molecular formula is C55H47ClN8O2. The average molecular weight is 887 g/mol. The van der Waals surface area contributed by atoms with E-state index in [4.69, 9.17) is 31.3 Å². The fourth-order valence-electron chi connectivity index (χ4n) is 7.48. The molecule has 66 heavy (non-hydrogen) atoms. The fourth-order valence-corrected chi connectivity index (χ4v) is 7.60. The smallest absolute Gasteiger partial charge is 0.130 e. The normalized spacial score (nSPS) is 10.5. The van der Waals surface area contributed by atoms with Gasteiger partial charge in [0.25, 0.3) is 0 Å². The summed E-state index contributed by atoms with van der Waals surface area (Å²) in [6, 6.07) is 48.9. The van der Waals surface area contributed by atoms with Crippen LogP contribution in [0.2, 0.25) is 5.02 Å². The third-order valence-electron chi connectivity index (χ3n) is 11.0. The molecule has 0 radical (unpaired) electrons. The van der Waals surface area contributed by atoms with Gasteiger partial charge in [0, 0.05) is 39.7 Å². The van der Waals surface area contributed by atoms with Gasteiger partial charge in [-0.15, -0.1) is 0 Å². The largest absolute Gasteiger partial charge is 0.494 e. The molecule has 0 fully saturated rings. The van der Waals surface area contributed by atoms with E-state index in [1.165, 1.54) is 31.2 Å². The van der Waals surface area contributed by atoms with Crippen LogP contribution in [-0.2, 0) is 13.0 Å². The lowest BCUT2D eigenvalue weighted by molar-refractivity contribution is 0.304. The molecule has 0 bridgehead atoms. The lowest BCUT2D eigenvalue weighted by atomic mass is 10.0. The van der Waals surface area contributed by atoms with Crippen LogP contribution < -0.4 is 9.47 Å². The third-order valence-corrected chi connectivity index (χ3v) is 11.2.